The number of carbonyl (C=O) groups is 4. The normalized spacial score (nSPS) is 15.9. The first-order chi connectivity index (χ1) is 20.6. The van der Waals surface area contributed by atoms with Crippen molar-refractivity contribution in [3.05, 3.63) is 64.2 Å². The minimum absolute atomic E-state index is 0.00610. The first kappa shape index (κ1) is 33.7. The van der Waals surface area contributed by atoms with E-state index in [1.54, 1.807) is 45.0 Å². The molecule has 0 aliphatic carbocycles. The fourth-order valence-electron chi connectivity index (χ4n) is 4.20. The monoisotopic (exact) mass is 634 g/mol. The zero-order valence-electron chi connectivity index (χ0n) is 24.2. The average molecular weight is 635 g/mol. The lowest BCUT2D eigenvalue weighted by Gasteiger charge is -2.25. The fraction of sp³-hybridized carbons (Fsp3) is 0.407. The van der Waals surface area contributed by atoms with Gasteiger partial charge < -0.3 is 25.8 Å². The quantitative estimate of drug-likeness (QED) is 0.179. The summed E-state index contributed by atoms with van der Waals surface area (Å²) >= 11 is 0. The maximum absolute atomic E-state index is 13.1. The molecule has 2 atom stereocenters. The summed E-state index contributed by atoms with van der Waals surface area (Å²) in [6, 6.07) is 7.27. The Morgan fingerprint density at radius 1 is 1.07 bits per heavy atom. The number of aliphatic carboxylic acids is 1. The average Bonchev–Trinajstić information content (AvgIpc) is 3.45. The third kappa shape index (κ3) is 9.37. The van der Waals surface area contributed by atoms with Gasteiger partial charge in [-0.2, -0.15) is 4.31 Å². The molecule has 0 radical (unpaired) electrons. The van der Waals surface area contributed by atoms with E-state index in [1.807, 2.05) is 0 Å². The molecule has 0 saturated carbocycles. The standard InChI is InChI=1S/C27H34N6O10S/c1-27(2,3)43-26(38)30-18-8-6-17(7-9-18)15-28-25(37)29-16-21(24(35)36)31-23(34)22-5-4-14-32(22)44(41,42)20-12-10-19(11-13-20)33(39)40/h6-13,21-22H,4-5,14-16H2,1-3H3,(H,30,38)(H,31,34)(H,35,36)(H2,28,29,37)/t21-,22-/m0/s1. The minimum atomic E-state index is -4.21. The summed E-state index contributed by atoms with van der Waals surface area (Å²) in [5.74, 6) is -2.31. The van der Waals surface area contributed by atoms with E-state index in [0.717, 1.165) is 28.6 Å². The van der Waals surface area contributed by atoms with Crippen molar-refractivity contribution in [1.82, 2.24) is 20.3 Å². The Morgan fingerprint density at radius 3 is 2.27 bits per heavy atom. The summed E-state index contributed by atoms with van der Waals surface area (Å²) in [7, 11) is -4.21. The molecule has 0 spiro atoms. The Labute approximate surface area is 253 Å². The molecule has 1 heterocycles. The number of amides is 4. The number of nitrogens with one attached hydrogen (secondary N) is 4. The number of carboxylic acids is 1. The van der Waals surface area contributed by atoms with Crippen molar-refractivity contribution in [2.45, 2.75) is 62.7 Å². The van der Waals surface area contributed by atoms with Gasteiger partial charge in [0.15, 0.2) is 0 Å². The van der Waals surface area contributed by atoms with E-state index in [2.05, 4.69) is 21.3 Å². The maximum Gasteiger partial charge on any atom is 0.412 e. The lowest BCUT2D eigenvalue weighted by Crippen LogP contribution is -2.54. The van der Waals surface area contributed by atoms with E-state index in [9.17, 15) is 42.8 Å². The number of benzene rings is 2. The molecule has 44 heavy (non-hydrogen) atoms. The third-order valence-corrected chi connectivity index (χ3v) is 8.22. The zero-order chi connectivity index (χ0) is 32.7. The van der Waals surface area contributed by atoms with Gasteiger partial charge >= 0.3 is 18.1 Å². The van der Waals surface area contributed by atoms with Crippen molar-refractivity contribution in [3.8, 4) is 0 Å². The van der Waals surface area contributed by atoms with Crippen molar-refractivity contribution >= 4 is 45.4 Å². The largest absolute Gasteiger partial charge is 0.480 e. The lowest BCUT2D eigenvalue weighted by atomic mass is 10.2. The molecule has 0 unspecified atom stereocenters. The Morgan fingerprint density at radius 2 is 1.70 bits per heavy atom. The van der Waals surface area contributed by atoms with Gasteiger partial charge in [0.25, 0.3) is 5.69 Å². The van der Waals surface area contributed by atoms with Crippen LogP contribution < -0.4 is 21.3 Å². The van der Waals surface area contributed by atoms with Crippen LogP contribution in [0.15, 0.2) is 53.4 Å². The number of rotatable bonds is 11. The lowest BCUT2D eigenvalue weighted by molar-refractivity contribution is -0.384. The van der Waals surface area contributed by atoms with Crippen LogP contribution in [0.3, 0.4) is 0 Å². The highest BCUT2D eigenvalue weighted by atomic mass is 32.2. The summed E-state index contributed by atoms with van der Waals surface area (Å²) in [6.45, 7) is 4.78. The highest BCUT2D eigenvalue weighted by Gasteiger charge is 2.40. The second-order valence-corrected chi connectivity index (χ2v) is 12.7. The SMILES string of the molecule is CC(C)(C)OC(=O)Nc1ccc(CNC(=O)NC[C@H](NC(=O)[C@@H]2CCCN2S(=O)(=O)c2ccc([N+](=O)[O-])cc2)C(=O)O)cc1. The number of hydrogen-bond donors (Lipinski definition) is 5. The molecule has 16 nitrogen and oxygen atoms in total. The predicted molar refractivity (Wildman–Crippen MR) is 156 cm³/mol. The number of ether oxygens (including phenoxy) is 1. The van der Waals surface area contributed by atoms with Crippen molar-refractivity contribution in [2.24, 2.45) is 0 Å². The highest BCUT2D eigenvalue weighted by molar-refractivity contribution is 7.89. The van der Waals surface area contributed by atoms with Gasteiger partial charge in [0, 0.05) is 30.9 Å². The van der Waals surface area contributed by atoms with Crippen LogP contribution in [-0.2, 0) is 30.9 Å². The van der Waals surface area contributed by atoms with Gasteiger partial charge in [-0.05, 0) is 63.4 Å². The summed E-state index contributed by atoms with van der Waals surface area (Å²) in [5, 5.41) is 30.3. The van der Waals surface area contributed by atoms with Crippen LogP contribution in [-0.4, -0.2) is 77.5 Å². The molecule has 2 aromatic rings. The van der Waals surface area contributed by atoms with Crippen molar-refractivity contribution < 1.29 is 42.4 Å². The predicted octanol–water partition coefficient (Wildman–Crippen LogP) is 2.16. The van der Waals surface area contributed by atoms with E-state index in [-0.39, 0.29) is 30.1 Å². The molecule has 1 saturated heterocycles. The van der Waals surface area contributed by atoms with Crippen LogP contribution >= 0.6 is 0 Å². The number of nitro benzene ring substituents is 1. The van der Waals surface area contributed by atoms with Gasteiger partial charge in [-0.1, -0.05) is 12.1 Å². The number of hydrogen-bond acceptors (Lipinski definition) is 9. The van der Waals surface area contributed by atoms with Crippen LogP contribution in [0.5, 0.6) is 0 Å². The van der Waals surface area contributed by atoms with Crippen molar-refractivity contribution in [2.75, 3.05) is 18.4 Å². The Bertz CT molecular complexity index is 1490. The minimum Gasteiger partial charge on any atom is -0.480 e. The molecule has 1 aliphatic rings. The fourth-order valence-corrected chi connectivity index (χ4v) is 5.86. The first-order valence-electron chi connectivity index (χ1n) is 13.5. The third-order valence-electron chi connectivity index (χ3n) is 6.29. The van der Waals surface area contributed by atoms with E-state index < -0.39 is 63.2 Å². The molecule has 238 valence electrons. The number of nitro groups is 1. The van der Waals surface area contributed by atoms with Crippen LogP contribution in [0.1, 0.15) is 39.2 Å². The summed E-state index contributed by atoms with van der Waals surface area (Å²) in [6.07, 6.45) is -0.153. The van der Waals surface area contributed by atoms with E-state index in [4.69, 9.17) is 4.74 Å². The molecule has 4 amide bonds. The zero-order valence-corrected chi connectivity index (χ0v) is 25.0. The van der Waals surface area contributed by atoms with Crippen LogP contribution in [0.2, 0.25) is 0 Å². The van der Waals surface area contributed by atoms with Gasteiger partial charge in [-0.15, -0.1) is 0 Å². The van der Waals surface area contributed by atoms with E-state index >= 15 is 0 Å². The van der Waals surface area contributed by atoms with Gasteiger partial charge in [-0.3, -0.25) is 20.2 Å². The number of sulfonamides is 1. The summed E-state index contributed by atoms with van der Waals surface area (Å²) in [5.41, 5.74) is 0.201. The Balaban J connectivity index is 1.52. The number of urea groups is 1. The summed E-state index contributed by atoms with van der Waals surface area (Å²) in [4.78, 5) is 58.9. The number of nitrogens with zero attached hydrogens (tertiary/aromatic N) is 2. The number of carbonyl (C=O) groups excluding carboxylic acids is 3. The van der Waals surface area contributed by atoms with Gasteiger partial charge in [0.1, 0.15) is 17.7 Å². The molecular formula is C27H34N6O10S. The maximum atomic E-state index is 13.1. The molecular weight excluding hydrogens is 600 g/mol. The Hall–Kier alpha value is -4.77. The number of anilines is 1. The van der Waals surface area contributed by atoms with Crippen LogP contribution in [0.25, 0.3) is 0 Å². The van der Waals surface area contributed by atoms with Crippen LogP contribution in [0.4, 0.5) is 21.0 Å². The molecule has 2 aromatic carbocycles. The molecule has 1 aliphatic heterocycles. The molecule has 5 N–H and O–H groups in total. The summed E-state index contributed by atoms with van der Waals surface area (Å²) < 4.78 is 32.4. The van der Waals surface area contributed by atoms with Gasteiger partial charge in [-0.25, -0.2) is 22.8 Å². The number of carboxylic acid groups (broad SMARTS) is 1. The smallest absolute Gasteiger partial charge is 0.412 e. The number of non-ortho nitro benzene ring substituents is 1. The van der Waals surface area contributed by atoms with Crippen LogP contribution in [0, 0.1) is 10.1 Å². The van der Waals surface area contributed by atoms with Crippen molar-refractivity contribution in [1.29, 1.82) is 0 Å². The van der Waals surface area contributed by atoms with E-state index in [0.29, 0.717) is 17.7 Å². The molecule has 0 bridgehead atoms. The highest BCUT2D eigenvalue weighted by Crippen LogP contribution is 2.27. The molecule has 0 aromatic heterocycles. The molecule has 3 rings (SSSR count). The van der Waals surface area contributed by atoms with E-state index in [1.165, 1.54) is 0 Å². The molecule has 1 fully saturated rings. The second-order valence-electron chi connectivity index (χ2n) is 10.8. The molecule has 17 heteroatoms. The van der Waals surface area contributed by atoms with Gasteiger partial charge in [0.2, 0.25) is 15.9 Å². The van der Waals surface area contributed by atoms with Gasteiger partial charge in [0.05, 0.1) is 16.4 Å². The first-order valence-corrected chi connectivity index (χ1v) is 14.9. The topological polar surface area (TPSA) is 226 Å². The van der Waals surface area contributed by atoms with Crippen molar-refractivity contribution in [3.63, 3.8) is 0 Å². The Kier molecular flexibility index (Phi) is 10.8. The second kappa shape index (κ2) is 14.1.